The fraction of sp³-hybridized carbons (Fsp3) is 0.321. The van der Waals surface area contributed by atoms with Crippen LogP contribution in [0.2, 0.25) is 0 Å². The molecule has 0 radical (unpaired) electrons. The highest BCUT2D eigenvalue weighted by Crippen LogP contribution is 2.42. The number of pyridine rings is 1. The van der Waals surface area contributed by atoms with Gasteiger partial charge in [0.15, 0.2) is 5.69 Å². The second-order valence-electron chi connectivity index (χ2n) is 10.1. The molecule has 9 nitrogen and oxygen atoms in total. The summed E-state index contributed by atoms with van der Waals surface area (Å²) in [6.45, 7) is 5.56. The number of methoxy groups -OCH3 is 1. The Kier molecular flexibility index (Phi) is 6.15. The fourth-order valence-electron chi connectivity index (χ4n) is 4.68. The van der Waals surface area contributed by atoms with Gasteiger partial charge in [-0.1, -0.05) is 18.2 Å². The van der Waals surface area contributed by atoms with E-state index in [2.05, 4.69) is 20.3 Å². The van der Waals surface area contributed by atoms with Gasteiger partial charge in [-0.15, -0.1) is 0 Å². The summed E-state index contributed by atoms with van der Waals surface area (Å²) in [6, 6.07) is 15.5. The smallest absolute Gasteiger partial charge is 0.408 e. The van der Waals surface area contributed by atoms with Gasteiger partial charge in [0.1, 0.15) is 17.6 Å². The molecule has 37 heavy (non-hydrogen) atoms. The van der Waals surface area contributed by atoms with Crippen LogP contribution < -0.4 is 5.32 Å². The molecule has 5 rings (SSSR count). The number of carbonyl (C=O) groups excluding carboxylic acids is 2. The molecular formula is C28H29N5O4. The Labute approximate surface area is 214 Å². The average molecular weight is 500 g/mol. The van der Waals surface area contributed by atoms with Gasteiger partial charge in [-0.3, -0.25) is 9.55 Å². The van der Waals surface area contributed by atoms with Crippen LogP contribution >= 0.6 is 0 Å². The summed E-state index contributed by atoms with van der Waals surface area (Å²) < 4.78 is 12.4. The van der Waals surface area contributed by atoms with Crippen LogP contribution in [-0.4, -0.2) is 44.3 Å². The van der Waals surface area contributed by atoms with Crippen molar-refractivity contribution in [2.75, 3.05) is 7.11 Å². The van der Waals surface area contributed by atoms with Crippen molar-refractivity contribution in [1.82, 2.24) is 24.8 Å². The molecule has 1 fully saturated rings. The molecule has 0 saturated heterocycles. The first-order valence-corrected chi connectivity index (χ1v) is 12.2. The minimum Gasteiger partial charge on any atom is -0.464 e. The molecule has 1 saturated carbocycles. The van der Waals surface area contributed by atoms with Gasteiger partial charge in [0.25, 0.3) is 0 Å². The Hall–Kier alpha value is -4.27. The molecule has 1 N–H and O–H groups in total. The van der Waals surface area contributed by atoms with Crippen LogP contribution in [0.5, 0.6) is 0 Å². The van der Waals surface area contributed by atoms with Gasteiger partial charge in [-0.25, -0.2) is 19.6 Å². The van der Waals surface area contributed by atoms with Gasteiger partial charge in [0, 0.05) is 11.9 Å². The quantitative estimate of drug-likeness (QED) is 0.377. The predicted octanol–water partition coefficient (Wildman–Crippen LogP) is 5.17. The van der Waals surface area contributed by atoms with E-state index in [4.69, 9.17) is 9.47 Å². The van der Waals surface area contributed by atoms with Gasteiger partial charge >= 0.3 is 12.1 Å². The maximum Gasteiger partial charge on any atom is 0.408 e. The third-order valence-electron chi connectivity index (χ3n) is 6.53. The number of benzene rings is 1. The van der Waals surface area contributed by atoms with Crippen molar-refractivity contribution in [3.63, 3.8) is 0 Å². The first-order chi connectivity index (χ1) is 17.7. The summed E-state index contributed by atoms with van der Waals surface area (Å²) in [5, 5.41) is 3.67. The minimum absolute atomic E-state index is 0.190. The Morgan fingerprint density at radius 3 is 2.38 bits per heavy atom. The second kappa shape index (κ2) is 9.31. The van der Waals surface area contributed by atoms with Crippen molar-refractivity contribution in [1.29, 1.82) is 0 Å². The van der Waals surface area contributed by atoms with Crippen LogP contribution in [0, 0.1) is 0 Å². The molecule has 3 heterocycles. The number of carbonyl (C=O) groups is 2. The van der Waals surface area contributed by atoms with E-state index in [1.165, 1.54) is 13.4 Å². The van der Waals surface area contributed by atoms with Crippen LogP contribution in [-0.2, 0) is 15.0 Å². The van der Waals surface area contributed by atoms with E-state index in [0.29, 0.717) is 11.0 Å². The van der Waals surface area contributed by atoms with Crippen LogP contribution in [0.1, 0.15) is 56.1 Å². The number of hydrogen-bond acceptors (Lipinski definition) is 7. The normalized spacial score (nSPS) is 14.6. The Bertz CT molecular complexity index is 1450. The van der Waals surface area contributed by atoms with Crippen LogP contribution in [0.15, 0.2) is 61.1 Å². The van der Waals surface area contributed by atoms with Gasteiger partial charge in [-0.2, -0.15) is 0 Å². The number of aromatic nitrogens is 4. The lowest BCUT2D eigenvalue weighted by atomic mass is 9.72. The highest BCUT2D eigenvalue weighted by atomic mass is 16.6. The van der Waals surface area contributed by atoms with E-state index >= 15 is 0 Å². The highest BCUT2D eigenvalue weighted by molar-refractivity contribution is 6.02. The zero-order valence-corrected chi connectivity index (χ0v) is 21.3. The van der Waals surface area contributed by atoms with E-state index in [1.54, 1.807) is 6.20 Å². The monoisotopic (exact) mass is 499 g/mol. The summed E-state index contributed by atoms with van der Waals surface area (Å²) in [4.78, 5) is 38.1. The zero-order valence-electron chi connectivity index (χ0n) is 21.3. The van der Waals surface area contributed by atoms with Gasteiger partial charge in [-0.05, 0) is 75.9 Å². The third-order valence-corrected chi connectivity index (χ3v) is 6.53. The molecule has 0 bridgehead atoms. The molecule has 4 aromatic rings. The Morgan fingerprint density at radius 1 is 1.03 bits per heavy atom. The van der Waals surface area contributed by atoms with Crippen molar-refractivity contribution in [2.45, 2.75) is 51.2 Å². The van der Waals surface area contributed by atoms with Crippen molar-refractivity contribution in [3.8, 4) is 17.1 Å². The molecule has 0 atom stereocenters. The maximum atomic E-state index is 12.6. The first-order valence-electron chi connectivity index (χ1n) is 12.2. The lowest BCUT2D eigenvalue weighted by Gasteiger charge is -2.43. The SMILES string of the molecule is COC(=O)c1ncnc2c1cc(-c1ccccn1)n2-c1ccc(C2(NC(=O)OC(C)(C)C)CCC2)cc1. The number of nitrogens with zero attached hydrogens (tertiary/aromatic N) is 4. The Balaban J connectivity index is 1.57. The fourth-order valence-corrected chi connectivity index (χ4v) is 4.68. The summed E-state index contributed by atoms with van der Waals surface area (Å²) in [7, 11) is 1.33. The Morgan fingerprint density at radius 2 is 1.78 bits per heavy atom. The minimum atomic E-state index is -0.568. The molecular weight excluding hydrogens is 470 g/mol. The number of ether oxygens (including phenoxy) is 2. The molecule has 0 spiro atoms. The van der Waals surface area contributed by atoms with Crippen molar-refractivity contribution in [2.24, 2.45) is 0 Å². The number of alkyl carbamates (subject to hydrolysis) is 1. The molecule has 9 heteroatoms. The number of esters is 1. The van der Waals surface area contributed by atoms with Crippen molar-refractivity contribution >= 4 is 23.1 Å². The third kappa shape index (κ3) is 4.64. The summed E-state index contributed by atoms with van der Waals surface area (Å²) in [6.07, 6.45) is 5.36. The number of amides is 1. The molecule has 1 aliphatic rings. The lowest BCUT2D eigenvalue weighted by molar-refractivity contribution is 0.0377. The van der Waals surface area contributed by atoms with Crippen LogP contribution in [0.3, 0.4) is 0 Å². The summed E-state index contributed by atoms with van der Waals surface area (Å²) >= 11 is 0. The zero-order chi connectivity index (χ0) is 26.2. The van der Waals surface area contributed by atoms with E-state index in [9.17, 15) is 9.59 Å². The molecule has 190 valence electrons. The molecule has 0 unspecified atom stereocenters. The van der Waals surface area contributed by atoms with Gasteiger partial charge in [0.2, 0.25) is 0 Å². The lowest BCUT2D eigenvalue weighted by Crippen LogP contribution is -2.52. The van der Waals surface area contributed by atoms with Crippen molar-refractivity contribution in [3.05, 3.63) is 72.3 Å². The topological polar surface area (TPSA) is 108 Å². The first kappa shape index (κ1) is 24.4. The van der Waals surface area contributed by atoms with Gasteiger partial charge in [0.05, 0.1) is 29.4 Å². The number of fused-ring (bicyclic) bond motifs is 1. The van der Waals surface area contributed by atoms with E-state index in [0.717, 1.165) is 41.9 Å². The number of nitrogens with one attached hydrogen (secondary N) is 1. The van der Waals surface area contributed by atoms with E-state index in [1.807, 2.05) is 73.9 Å². The van der Waals surface area contributed by atoms with E-state index in [-0.39, 0.29) is 5.69 Å². The average Bonchev–Trinajstić information content (AvgIpc) is 3.25. The van der Waals surface area contributed by atoms with Crippen LogP contribution in [0.25, 0.3) is 28.1 Å². The molecule has 1 aromatic carbocycles. The standard InChI is InChI=1S/C28H29N5O4/c1-27(2,3)37-26(35)32-28(13-7-14-28)18-9-11-19(12-10-18)33-22(21-8-5-6-15-29-21)16-20-23(25(34)36-4)30-17-31-24(20)33/h5-6,8-12,15-17H,7,13-14H2,1-4H3,(H,32,35). The molecule has 1 aliphatic carbocycles. The largest absolute Gasteiger partial charge is 0.464 e. The van der Waals surface area contributed by atoms with E-state index < -0.39 is 23.2 Å². The predicted molar refractivity (Wildman–Crippen MR) is 138 cm³/mol. The van der Waals surface area contributed by atoms with Crippen molar-refractivity contribution < 1.29 is 19.1 Å². The number of hydrogen-bond donors (Lipinski definition) is 1. The molecule has 0 aliphatic heterocycles. The second-order valence-corrected chi connectivity index (χ2v) is 10.1. The molecule has 3 aromatic heterocycles. The molecule has 1 amide bonds. The van der Waals surface area contributed by atoms with Gasteiger partial charge < -0.3 is 14.8 Å². The maximum absolute atomic E-state index is 12.6. The van der Waals surface area contributed by atoms with Crippen LogP contribution in [0.4, 0.5) is 4.79 Å². The summed E-state index contributed by atoms with van der Waals surface area (Å²) in [5.41, 5.74) is 3.06. The highest BCUT2D eigenvalue weighted by Gasteiger charge is 2.41. The summed E-state index contributed by atoms with van der Waals surface area (Å²) in [5.74, 6) is -0.535. The number of rotatable bonds is 5.